The maximum absolute atomic E-state index is 13.2. The number of hydrogen-bond acceptors (Lipinski definition) is 5. The first-order chi connectivity index (χ1) is 16.1. The van der Waals surface area contributed by atoms with Crippen LogP contribution in [0.25, 0.3) is 11.2 Å². The molecule has 0 aliphatic heterocycles. The fraction of sp³-hybridized carbons (Fsp3) is 0.560. The third-order valence-electron chi connectivity index (χ3n) is 7.04. The van der Waals surface area contributed by atoms with Crippen LogP contribution in [0, 0.1) is 11.3 Å². The summed E-state index contributed by atoms with van der Waals surface area (Å²) < 4.78 is 41.8. The van der Waals surface area contributed by atoms with E-state index in [2.05, 4.69) is 35.6 Å². The molecule has 4 rings (SSSR count). The molecule has 2 aromatic heterocycles. The first-order valence-electron chi connectivity index (χ1n) is 12.0. The minimum atomic E-state index is -4.41. The van der Waals surface area contributed by atoms with Gasteiger partial charge in [-0.2, -0.15) is 13.2 Å². The molecule has 0 saturated heterocycles. The summed E-state index contributed by atoms with van der Waals surface area (Å²) in [7, 11) is 0. The van der Waals surface area contributed by atoms with E-state index < -0.39 is 11.7 Å². The van der Waals surface area contributed by atoms with Crippen LogP contribution in [0.15, 0.2) is 30.5 Å². The molecule has 9 heteroatoms. The maximum atomic E-state index is 13.2. The molecule has 3 aromatic rings. The first kappa shape index (κ1) is 24.4. The van der Waals surface area contributed by atoms with E-state index in [-0.39, 0.29) is 11.5 Å². The standard InChI is InChI=1S/C25H33F3N6/c1-4-24(2,3)13-21-30-15-20-22(33-21)34(19-10-8-16(14-29)9-11-19)23(32-20)31-18-7-5-6-17(12-18)25(26,27)28/h5-7,12,15-16,19H,4,8-11,13-14,29H2,1-3H3,(H,31,32). The van der Waals surface area contributed by atoms with E-state index in [4.69, 9.17) is 15.7 Å². The first-order valence-corrected chi connectivity index (χ1v) is 12.0. The minimum absolute atomic E-state index is 0.0663. The van der Waals surface area contributed by atoms with Crippen molar-refractivity contribution in [3.8, 4) is 0 Å². The van der Waals surface area contributed by atoms with Crippen LogP contribution in [0.2, 0.25) is 0 Å². The van der Waals surface area contributed by atoms with E-state index in [1.807, 2.05) is 0 Å². The van der Waals surface area contributed by atoms with Crippen molar-refractivity contribution in [3.63, 3.8) is 0 Å². The van der Waals surface area contributed by atoms with E-state index in [9.17, 15) is 13.2 Å². The number of fused-ring (bicyclic) bond motifs is 1. The lowest BCUT2D eigenvalue weighted by molar-refractivity contribution is -0.137. The number of rotatable bonds is 7. The van der Waals surface area contributed by atoms with Gasteiger partial charge in [-0.1, -0.05) is 33.3 Å². The van der Waals surface area contributed by atoms with Crippen LogP contribution in [0.5, 0.6) is 0 Å². The summed E-state index contributed by atoms with van der Waals surface area (Å²) in [4.78, 5) is 14.1. The highest BCUT2D eigenvalue weighted by molar-refractivity contribution is 5.75. The quantitative estimate of drug-likeness (QED) is 0.423. The Hall–Kier alpha value is -2.68. The highest BCUT2D eigenvalue weighted by atomic mass is 19.4. The van der Waals surface area contributed by atoms with Crippen molar-refractivity contribution in [1.29, 1.82) is 0 Å². The number of imidazole rings is 1. The van der Waals surface area contributed by atoms with Crippen LogP contribution in [-0.2, 0) is 12.6 Å². The Labute approximate surface area is 198 Å². The van der Waals surface area contributed by atoms with Gasteiger partial charge in [0.25, 0.3) is 0 Å². The van der Waals surface area contributed by atoms with Crippen LogP contribution in [-0.4, -0.2) is 26.1 Å². The lowest BCUT2D eigenvalue weighted by Gasteiger charge is -2.30. The molecule has 34 heavy (non-hydrogen) atoms. The third-order valence-corrected chi connectivity index (χ3v) is 7.04. The molecular weight excluding hydrogens is 441 g/mol. The second-order valence-electron chi connectivity index (χ2n) is 10.1. The van der Waals surface area contributed by atoms with Crippen LogP contribution in [0.1, 0.15) is 70.3 Å². The number of aromatic nitrogens is 4. The van der Waals surface area contributed by atoms with Gasteiger partial charge in [-0.25, -0.2) is 15.0 Å². The predicted molar refractivity (Wildman–Crippen MR) is 128 cm³/mol. The summed E-state index contributed by atoms with van der Waals surface area (Å²) in [5.41, 5.74) is 6.94. The number of benzene rings is 1. The van der Waals surface area contributed by atoms with Crippen LogP contribution < -0.4 is 11.1 Å². The molecule has 3 N–H and O–H groups in total. The van der Waals surface area contributed by atoms with Crippen molar-refractivity contribution in [2.24, 2.45) is 17.1 Å². The molecule has 6 nitrogen and oxygen atoms in total. The Bertz CT molecular complexity index is 1130. The van der Waals surface area contributed by atoms with Gasteiger partial charge < -0.3 is 11.1 Å². The van der Waals surface area contributed by atoms with Gasteiger partial charge in [0.2, 0.25) is 5.95 Å². The van der Waals surface area contributed by atoms with Gasteiger partial charge in [-0.05, 0) is 61.8 Å². The van der Waals surface area contributed by atoms with E-state index in [0.717, 1.165) is 62.1 Å². The number of hydrogen-bond donors (Lipinski definition) is 2. The van der Waals surface area contributed by atoms with Crippen LogP contribution in [0.3, 0.4) is 0 Å². The number of halogens is 3. The molecular formula is C25H33F3N6. The second kappa shape index (κ2) is 9.52. The van der Waals surface area contributed by atoms with E-state index >= 15 is 0 Å². The van der Waals surface area contributed by atoms with Gasteiger partial charge in [-0.15, -0.1) is 0 Å². The normalized spacial score (nSPS) is 19.5. The molecule has 0 unspecified atom stereocenters. The average molecular weight is 475 g/mol. The van der Waals surface area contributed by atoms with Crippen molar-refractivity contribution in [1.82, 2.24) is 19.5 Å². The fourth-order valence-electron chi connectivity index (χ4n) is 4.54. The number of nitrogens with one attached hydrogen (secondary N) is 1. The molecule has 0 amide bonds. The van der Waals surface area contributed by atoms with Crippen LogP contribution >= 0.6 is 0 Å². The van der Waals surface area contributed by atoms with Gasteiger partial charge in [0, 0.05) is 18.2 Å². The highest BCUT2D eigenvalue weighted by Gasteiger charge is 2.31. The van der Waals surface area contributed by atoms with Crippen molar-refractivity contribution >= 4 is 22.8 Å². The fourth-order valence-corrected chi connectivity index (χ4v) is 4.54. The van der Waals surface area contributed by atoms with Crippen molar-refractivity contribution in [2.45, 2.75) is 71.5 Å². The Kier molecular flexibility index (Phi) is 6.85. The van der Waals surface area contributed by atoms with Gasteiger partial charge in [0.1, 0.15) is 11.3 Å². The molecule has 1 aromatic carbocycles. The maximum Gasteiger partial charge on any atom is 0.416 e. The second-order valence-corrected chi connectivity index (χ2v) is 10.1. The van der Waals surface area contributed by atoms with Crippen molar-refractivity contribution in [2.75, 3.05) is 11.9 Å². The largest absolute Gasteiger partial charge is 0.416 e. The molecule has 1 fully saturated rings. The summed E-state index contributed by atoms with van der Waals surface area (Å²) in [5.74, 6) is 1.75. The molecule has 1 aliphatic rings. The number of alkyl halides is 3. The van der Waals surface area contributed by atoms with Crippen molar-refractivity contribution in [3.05, 3.63) is 41.9 Å². The minimum Gasteiger partial charge on any atom is -0.330 e. The van der Waals surface area contributed by atoms with Gasteiger partial charge in [-0.3, -0.25) is 4.57 Å². The lowest BCUT2D eigenvalue weighted by atomic mass is 9.86. The molecule has 1 saturated carbocycles. The number of anilines is 2. The smallest absolute Gasteiger partial charge is 0.330 e. The summed E-state index contributed by atoms with van der Waals surface area (Å²) in [6.07, 6.45) is 2.90. The molecule has 2 heterocycles. The van der Waals surface area contributed by atoms with Gasteiger partial charge in [0.15, 0.2) is 5.65 Å². The number of nitrogens with zero attached hydrogens (tertiary/aromatic N) is 4. The Morgan fingerprint density at radius 1 is 1.12 bits per heavy atom. The average Bonchev–Trinajstić information content (AvgIpc) is 3.15. The summed E-state index contributed by atoms with van der Waals surface area (Å²) in [6, 6.07) is 5.33. The zero-order valence-corrected chi connectivity index (χ0v) is 20.0. The molecule has 1 aliphatic carbocycles. The Balaban J connectivity index is 1.74. The topological polar surface area (TPSA) is 81.7 Å². The summed E-state index contributed by atoms with van der Waals surface area (Å²) in [6.45, 7) is 7.19. The predicted octanol–water partition coefficient (Wildman–Crippen LogP) is 6.26. The molecule has 0 radical (unpaired) electrons. The highest BCUT2D eigenvalue weighted by Crippen LogP contribution is 2.37. The van der Waals surface area contributed by atoms with Gasteiger partial charge >= 0.3 is 6.18 Å². The summed E-state index contributed by atoms with van der Waals surface area (Å²) in [5, 5.41) is 3.14. The van der Waals surface area contributed by atoms with E-state index in [1.165, 1.54) is 6.07 Å². The third kappa shape index (κ3) is 5.35. The van der Waals surface area contributed by atoms with Crippen LogP contribution in [0.4, 0.5) is 24.8 Å². The van der Waals surface area contributed by atoms with E-state index in [1.54, 1.807) is 12.3 Å². The molecule has 0 atom stereocenters. The lowest BCUT2D eigenvalue weighted by Crippen LogP contribution is -2.24. The molecule has 184 valence electrons. The SMILES string of the molecule is CCC(C)(C)Cc1ncc2nc(Nc3cccc(C(F)(F)F)c3)n(C3CCC(CN)CC3)c2n1. The number of nitrogens with two attached hydrogens (primary N) is 1. The zero-order chi connectivity index (χ0) is 24.5. The molecule has 0 spiro atoms. The zero-order valence-electron chi connectivity index (χ0n) is 20.0. The molecule has 0 bridgehead atoms. The summed E-state index contributed by atoms with van der Waals surface area (Å²) >= 11 is 0. The van der Waals surface area contributed by atoms with Gasteiger partial charge in [0.05, 0.1) is 11.8 Å². The van der Waals surface area contributed by atoms with Crippen molar-refractivity contribution < 1.29 is 13.2 Å². The Morgan fingerprint density at radius 2 is 1.85 bits per heavy atom. The van der Waals surface area contributed by atoms with E-state index in [0.29, 0.717) is 29.6 Å². The monoisotopic (exact) mass is 474 g/mol. The Morgan fingerprint density at radius 3 is 2.50 bits per heavy atom.